The summed E-state index contributed by atoms with van der Waals surface area (Å²) in [6.07, 6.45) is 0. The molecule has 0 spiro atoms. The van der Waals surface area contributed by atoms with Gasteiger partial charge in [-0.1, -0.05) is 30.3 Å². The Bertz CT molecular complexity index is 1830. The molecule has 0 unspecified atom stereocenters. The molecule has 0 fully saturated rings. The second-order valence-corrected chi connectivity index (χ2v) is 11.3. The standard InChI is InChI=1S/C20H14N2O9S3/c23-32(24,25)13-5-6-15-12(9-13)10-14(33(26,27)28)11-19(15)22-21-18-7-8-20(34(29,30)31)17-4-2-1-3-16(17)18/h1-11H,(H,23,24,25)(H,26,27,28)(H,29,30,31). The highest BCUT2D eigenvalue weighted by Gasteiger charge is 2.18. The minimum Gasteiger partial charge on any atom is -0.282 e. The monoisotopic (exact) mass is 522 g/mol. The summed E-state index contributed by atoms with van der Waals surface area (Å²) in [7, 11) is -13.8. The zero-order chi connectivity index (χ0) is 24.9. The lowest BCUT2D eigenvalue weighted by Gasteiger charge is -2.08. The van der Waals surface area contributed by atoms with Gasteiger partial charge in [0.25, 0.3) is 30.4 Å². The van der Waals surface area contributed by atoms with Gasteiger partial charge < -0.3 is 0 Å². The number of rotatable bonds is 5. The van der Waals surface area contributed by atoms with Crippen LogP contribution in [0.15, 0.2) is 91.6 Å². The molecule has 0 amide bonds. The van der Waals surface area contributed by atoms with E-state index in [0.29, 0.717) is 5.39 Å². The maximum atomic E-state index is 11.7. The van der Waals surface area contributed by atoms with Gasteiger partial charge >= 0.3 is 0 Å². The summed E-state index contributed by atoms with van der Waals surface area (Å²) in [5.74, 6) is 0. The van der Waals surface area contributed by atoms with Gasteiger partial charge in [0.15, 0.2) is 0 Å². The Kier molecular flexibility index (Phi) is 5.75. The third kappa shape index (κ3) is 4.68. The van der Waals surface area contributed by atoms with Gasteiger partial charge in [-0.15, -0.1) is 10.2 Å². The molecule has 3 N–H and O–H groups in total. The molecule has 0 saturated carbocycles. The number of fused-ring (bicyclic) bond motifs is 2. The Morgan fingerprint density at radius 3 is 1.74 bits per heavy atom. The van der Waals surface area contributed by atoms with E-state index >= 15 is 0 Å². The number of azo groups is 1. The lowest BCUT2D eigenvalue weighted by Crippen LogP contribution is -2.00. The van der Waals surface area contributed by atoms with E-state index in [0.717, 1.165) is 30.3 Å². The highest BCUT2D eigenvalue weighted by molar-refractivity contribution is 7.86. The van der Waals surface area contributed by atoms with Crippen LogP contribution in [0.4, 0.5) is 11.4 Å². The molecule has 0 bridgehead atoms. The molecule has 0 aliphatic carbocycles. The summed E-state index contributed by atoms with van der Waals surface area (Å²) >= 11 is 0. The van der Waals surface area contributed by atoms with Gasteiger partial charge in [-0.25, -0.2) is 0 Å². The first kappa shape index (κ1) is 23.9. The van der Waals surface area contributed by atoms with Gasteiger partial charge in [-0.2, -0.15) is 25.3 Å². The van der Waals surface area contributed by atoms with Gasteiger partial charge in [0, 0.05) is 16.2 Å². The van der Waals surface area contributed by atoms with Crippen LogP contribution in [0.3, 0.4) is 0 Å². The number of nitrogens with zero attached hydrogens (tertiary/aromatic N) is 2. The Hall–Kier alpha value is -3.27. The quantitative estimate of drug-likeness (QED) is 0.255. The maximum Gasteiger partial charge on any atom is 0.295 e. The highest BCUT2D eigenvalue weighted by Crippen LogP contribution is 2.35. The number of benzene rings is 4. The van der Waals surface area contributed by atoms with E-state index < -0.39 is 40.1 Å². The molecule has 0 atom stereocenters. The molecule has 11 nitrogen and oxygen atoms in total. The molecular weight excluding hydrogens is 508 g/mol. The Morgan fingerprint density at radius 2 is 1.12 bits per heavy atom. The number of hydrogen-bond acceptors (Lipinski definition) is 8. The van der Waals surface area contributed by atoms with Crippen LogP contribution in [0.5, 0.6) is 0 Å². The first-order valence-electron chi connectivity index (χ1n) is 9.19. The second kappa shape index (κ2) is 8.19. The van der Waals surface area contributed by atoms with Crippen molar-refractivity contribution >= 4 is 63.3 Å². The molecule has 176 valence electrons. The molecule has 0 heterocycles. The summed E-state index contributed by atoms with van der Waals surface area (Å²) in [5, 5.41) is 8.90. The predicted molar refractivity (Wildman–Crippen MR) is 122 cm³/mol. The molecular formula is C20H14N2O9S3. The third-order valence-electron chi connectivity index (χ3n) is 4.88. The van der Waals surface area contributed by atoms with Crippen molar-refractivity contribution in [1.29, 1.82) is 0 Å². The average Bonchev–Trinajstić information content (AvgIpc) is 2.74. The second-order valence-electron chi connectivity index (χ2n) is 7.08. The Morgan fingerprint density at radius 1 is 0.529 bits per heavy atom. The molecule has 0 aliphatic rings. The molecule has 0 aliphatic heterocycles. The van der Waals surface area contributed by atoms with Crippen LogP contribution in [-0.2, 0) is 30.4 Å². The summed E-state index contributed by atoms with van der Waals surface area (Å²) in [6, 6.07) is 14.0. The largest absolute Gasteiger partial charge is 0.295 e. The fourth-order valence-electron chi connectivity index (χ4n) is 3.37. The first-order chi connectivity index (χ1) is 15.7. The molecule has 4 rings (SSSR count). The maximum absolute atomic E-state index is 11.7. The van der Waals surface area contributed by atoms with Crippen LogP contribution in [0.25, 0.3) is 21.5 Å². The van der Waals surface area contributed by atoms with Crippen molar-refractivity contribution in [1.82, 2.24) is 0 Å². The van der Waals surface area contributed by atoms with Crippen molar-refractivity contribution in [3.63, 3.8) is 0 Å². The minimum absolute atomic E-state index is 0.0331. The van der Waals surface area contributed by atoms with Crippen LogP contribution >= 0.6 is 0 Å². The Balaban J connectivity index is 1.95. The van der Waals surface area contributed by atoms with E-state index in [9.17, 15) is 38.9 Å². The van der Waals surface area contributed by atoms with Crippen molar-refractivity contribution in [3.8, 4) is 0 Å². The molecule has 0 radical (unpaired) electrons. The lowest BCUT2D eigenvalue weighted by molar-refractivity contribution is 0.481. The third-order valence-corrected chi connectivity index (χ3v) is 7.47. The van der Waals surface area contributed by atoms with Crippen molar-refractivity contribution in [2.45, 2.75) is 14.7 Å². The fourth-order valence-corrected chi connectivity index (χ4v) is 5.12. The van der Waals surface area contributed by atoms with Crippen molar-refractivity contribution in [2.24, 2.45) is 10.2 Å². The zero-order valence-corrected chi connectivity index (χ0v) is 19.2. The normalized spacial score (nSPS) is 13.1. The first-order valence-corrected chi connectivity index (χ1v) is 13.5. The van der Waals surface area contributed by atoms with Crippen molar-refractivity contribution in [2.75, 3.05) is 0 Å². The van der Waals surface area contributed by atoms with Crippen LogP contribution in [0.1, 0.15) is 0 Å². The predicted octanol–water partition coefficient (Wildman–Crippen LogP) is 4.15. The number of hydrogen-bond donors (Lipinski definition) is 3. The smallest absolute Gasteiger partial charge is 0.282 e. The van der Waals surface area contributed by atoms with Gasteiger partial charge in [0.2, 0.25) is 0 Å². The van der Waals surface area contributed by atoms with E-state index in [-0.39, 0.29) is 32.4 Å². The minimum atomic E-state index is -4.71. The van der Waals surface area contributed by atoms with E-state index in [1.807, 2.05) is 0 Å². The van der Waals surface area contributed by atoms with Crippen LogP contribution in [-0.4, -0.2) is 38.9 Å². The molecule has 34 heavy (non-hydrogen) atoms. The van der Waals surface area contributed by atoms with Crippen molar-refractivity contribution in [3.05, 3.63) is 66.7 Å². The molecule has 4 aromatic carbocycles. The lowest BCUT2D eigenvalue weighted by atomic mass is 10.1. The van der Waals surface area contributed by atoms with Gasteiger partial charge in [0.1, 0.15) is 4.90 Å². The van der Waals surface area contributed by atoms with Crippen LogP contribution in [0.2, 0.25) is 0 Å². The summed E-state index contributed by atoms with van der Waals surface area (Å²) < 4.78 is 98.0. The van der Waals surface area contributed by atoms with Gasteiger partial charge in [0.05, 0.1) is 21.2 Å². The van der Waals surface area contributed by atoms with Crippen LogP contribution in [0, 0.1) is 0 Å². The van der Waals surface area contributed by atoms with E-state index in [4.69, 9.17) is 0 Å². The summed E-state index contributed by atoms with van der Waals surface area (Å²) in [4.78, 5) is -1.42. The fraction of sp³-hybridized carbons (Fsp3) is 0. The average molecular weight is 523 g/mol. The van der Waals surface area contributed by atoms with Gasteiger partial charge in [-0.05, 0) is 41.8 Å². The molecule has 14 heteroatoms. The Labute approximate surface area is 193 Å². The molecule has 4 aromatic rings. The van der Waals surface area contributed by atoms with E-state index in [1.54, 1.807) is 18.2 Å². The SMILES string of the molecule is O=S(=O)(O)c1ccc2c(N=Nc3ccc(S(=O)(=O)O)c4ccccc34)cc(S(=O)(=O)O)cc2c1. The van der Waals surface area contributed by atoms with E-state index in [1.165, 1.54) is 18.2 Å². The molecule has 0 aromatic heterocycles. The molecule has 0 saturated heterocycles. The summed E-state index contributed by atoms with van der Waals surface area (Å²) in [6.45, 7) is 0. The van der Waals surface area contributed by atoms with E-state index in [2.05, 4.69) is 10.2 Å². The zero-order valence-electron chi connectivity index (χ0n) is 16.8. The highest BCUT2D eigenvalue weighted by atomic mass is 32.2. The summed E-state index contributed by atoms with van der Waals surface area (Å²) in [5.41, 5.74) is 0.123. The van der Waals surface area contributed by atoms with Gasteiger partial charge in [-0.3, -0.25) is 13.7 Å². The van der Waals surface area contributed by atoms with Crippen molar-refractivity contribution < 1.29 is 38.9 Å². The van der Waals surface area contributed by atoms with Crippen LogP contribution < -0.4 is 0 Å². The topological polar surface area (TPSA) is 188 Å².